The van der Waals surface area contributed by atoms with E-state index in [0.29, 0.717) is 13.1 Å². The summed E-state index contributed by atoms with van der Waals surface area (Å²) in [5, 5.41) is 0. The quantitative estimate of drug-likeness (QED) is 0.785. The molecule has 3 rings (SSSR count). The molecule has 0 aliphatic carbocycles. The van der Waals surface area contributed by atoms with Crippen LogP contribution in [0.3, 0.4) is 0 Å². The van der Waals surface area contributed by atoms with Gasteiger partial charge >= 0.3 is 0 Å². The molecule has 0 N–H and O–H groups in total. The van der Waals surface area contributed by atoms with E-state index in [2.05, 4.69) is 9.88 Å². The highest BCUT2D eigenvalue weighted by atomic mass is 16.2. The van der Waals surface area contributed by atoms with Crippen molar-refractivity contribution in [3.05, 3.63) is 24.4 Å². The first-order valence-electron chi connectivity index (χ1n) is 8.45. The number of rotatable bonds is 3. The molecule has 1 aromatic heterocycles. The van der Waals surface area contributed by atoms with Crippen LogP contribution < -0.4 is 4.90 Å². The molecule has 23 heavy (non-hydrogen) atoms. The lowest BCUT2D eigenvalue weighted by molar-refractivity contribution is -0.141. The summed E-state index contributed by atoms with van der Waals surface area (Å²) >= 11 is 0. The normalized spacial score (nSPS) is 18.9. The van der Waals surface area contributed by atoms with Gasteiger partial charge in [0.2, 0.25) is 11.8 Å². The van der Waals surface area contributed by atoms with Gasteiger partial charge in [-0.1, -0.05) is 6.07 Å². The number of piperidine rings is 1. The zero-order valence-electron chi connectivity index (χ0n) is 13.5. The van der Waals surface area contributed by atoms with Crippen molar-refractivity contribution in [1.82, 2.24) is 14.8 Å². The Bertz CT molecular complexity index is 535. The molecule has 2 saturated heterocycles. The van der Waals surface area contributed by atoms with E-state index in [-0.39, 0.29) is 18.2 Å². The van der Waals surface area contributed by atoms with E-state index in [4.69, 9.17) is 0 Å². The molecule has 0 spiro atoms. The SMILES string of the molecule is O=C(CC(=O)N1CCN(c2ccccn2)CC1)N1CCCCC1. The molecule has 0 radical (unpaired) electrons. The predicted octanol–water partition coefficient (Wildman–Crippen LogP) is 1.13. The van der Waals surface area contributed by atoms with Crippen LogP contribution in [0, 0.1) is 0 Å². The first-order chi connectivity index (χ1) is 11.2. The maximum atomic E-state index is 12.3. The van der Waals surface area contributed by atoms with E-state index in [9.17, 15) is 9.59 Å². The maximum absolute atomic E-state index is 12.3. The third-order valence-electron chi connectivity index (χ3n) is 4.62. The fourth-order valence-corrected chi connectivity index (χ4v) is 3.22. The van der Waals surface area contributed by atoms with Crippen LogP contribution in [-0.4, -0.2) is 65.9 Å². The van der Waals surface area contributed by atoms with Gasteiger partial charge in [0.1, 0.15) is 12.2 Å². The monoisotopic (exact) mass is 316 g/mol. The smallest absolute Gasteiger partial charge is 0.232 e. The first-order valence-corrected chi connectivity index (χ1v) is 8.45. The summed E-state index contributed by atoms with van der Waals surface area (Å²) in [6.07, 6.45) is 5.10. The third-order valence-corrected chi connectivity index (χ3v) is 4.62. The summed E-state index contributed by atoms with van der Waals surface area (Å²) in [4.78, 5) is 34.7. The van der Waals surface area contributed by atoms with Gasteiger partial charge in [-0.25, -0.2) is 4.98 Å². The van der Waals surface area contributed by atoms with Crippen molar-refractivity contribution in [3.63, 3.8) is 0 Å². The number of amides is 2. The highest BCUT2D eigenvalue weighted by Gasteiger charge is 2.25. The molecule has 2 fully saturated rings. The van der Waals surface area contributed by atoms with Gasteiger partial charge in [-0.05, 0) is 31.4 Å². The van der Waals surface area contributed by atoms with E-state index < -0.39 is 0 Å². The summed E-state index contributed by atoms with van der Waals surface area (Å²) in [5.74, 6) is 0.895. The molecule has 0 unspecified atom stereocenters. The number of piperazine rings is 1. The summed E-state index contributed by atoms with van der Waals surface area (Å²) in [6.45, 7) is 4.45. The Hall–Kier alpha value is -2.11. The number of pyridine rings is 1. The second-order valence-corrected chi connectivity index (χ2v) is 6.17. The zero-order valence-corrected chi connectivity index (χ0v) is 13.5. The van der Waals surface area contributed by atoms with Crippen LogP contribution in [0.15, 0.2) is 24.4 Å². The van der Waals surface area contributed by atoms with Crippen LogP contribution in [0.1, 0.15) is 25.7 Å². The van der Waals surface area contributed by atoms with Gasteiger partial charge < -0.3 is 14.7 Å². The van der Waals surface area contributed by atoms with Gasteiger partial charge in [0, 0.05) is 45.5 Å². The molecular weight excluding hydrogens is 292 g/mol. The van der Waals surface area contributed by atoms with Crippen LogP contribution in [0.2, 0.25) is 0 Å². The Morgan fingerprint density at radius 1 is 0.870 bits per heavy atom. The lowest BCUT2D eigenvalue weighted by Crippen LogP contribution is -2.50. The van der Waals surface area contributed by atoms with Crippen molar-refractivity contribution in [2.24, 2.45) is 0 Å². The average Bonchev–Trinajstić information content (AvgIpc) is 2.63. The molecule has 0 saturated carbocycles. The number of anilines is 1. The van der Waals surface area contributed by atoms with Gasteiger partial charge in [0.05, 0.1) is 0 Å². The Morgan fingerprint density at radius 2 is 1.52 bits per heavy atom. The molecule has 0 aromatic carbocycles. The van der Waals surface area contributed by atoms with Crippen molar-refractivity contribution < 1.29 is 9.59 Å². The fourth-order valence-electron chi connectivity index (χ4n) is 3.22. The number of likely N-dealkylation sites (tertiary alicyclic amines) is 1. The number of aromatic nitrogens is 1. The minimum absolute atomic E-state index is 0.0122. The summed E-state index contributed by atoms with van der Waals surface area (Å²) < 4.78 is 0. The molecule has 0 bridgehead atoms. The molecule has 6 heteroatoms. The fraction of sp³-hybridized carbons (Fsp3) is 0.588. The second-order valence-electron chi connectivity index (χ2n) is 6.17. The minimum Gasteiger partial charge on any atom is -0.353 e. The van der Waals surface area contributed by atoms with Crippen molar-refractivity contribution >= 4 is 17.6 Å². The van der Waals surface area contributed by atoms with E-state index in [0.717, 1.165) is 44.8 Å². The Labute approximate surface area is 137 Å². The minimum atomic E-state index is -0.0405. The lowest BCUT2D eigenvalue weighted by Gasteiger charge is -2.35. The number of carbonyl (C=O) groups excluding carboxylic acids is 2. The highest BCUT2D eigenvalue weighted by Crippen LogP contribution is 2.14. The standard InChI is InChI=1S/C17H24N4O2/c22-16(20-8-4-1-5-9-20)14-17(23)21-12-10-19(11-13-21)15-6-2-3-7-18-15/h2-3,6-7H,1,4-5,8-14H2. The summed E-state index contributed by atoms with van der Waals surface area (Å²) in [5.41, 5.74) is 0. The predicted molar refractivity (Wildman–Crippen MR) is 88.1 cm³/mol. The Balaban J connectivity index is 1.47. The van der Waals surface area contributed by atoms with E-state index in [1.807, 2.05) is 23.1 Å². The van der Waals surface area contributed by atoms with Crippen LogP contribution in [0.5, 0.6) is 0 Å². The molecule has 1 aromatic rings. The highest BCUT2D eigenvalue weighted by molar-refractivity contribution is 5.97. The number of hydrogen-bond donors (Lipinski definition) is 0. The van der Waals surface area contributed by atoms with Crippen molar-refractivity contribution in [2.75, 3.05) is 44.2 Å². The molecule has 2 aliphatic rings. The Kier molecular flexibility index (Phi) is 5.10. The molecule has 2 aliphatic heterocycles. The number of carbonyl (C=O) groups is 2. The van der Waals surface area contributed by atoms with Crippen molar-refractivity contribution in [2.45, 2.75) is 25.7 Å². The van der Waals surface area contributed by atoms with Gasteiger partial charge in [-0.15, -0.1) is 0 Å². The van der Waals surface area contributed by atoms with Gasteiger partial charge in [0.25, 0.3) is 0 Å². The van der Waals surface area contributed by atoms with Crippen LogP contribution in [0.25, 0.3) is 0 Å². The first kappa shape index (κ1) is 15.8. The molecule has 6 nitrogen and oxygen atoms in total. The lowest BCUT2D eigenvalue weighted by atomic mass is 10.1. The summed E-state index contributed by atoms with van der Waals surface area (Å²) in [6, 6.07) is 5.85. The van der Waals surface area contributed by atoms with Gasteiger partial charge in [0.15, 0.2) is 0 Å². The third kappa shape index (κ3) is 4.00. The van der Waals surface area contributed by atoms with E-state index >= 15 is 0 Å². The zero-order chi connectivity index (χ0) is 16.1. The molecule has 0 atom stereocenters. The largest absolute Gasteiger partial charge is 0.353 e. The van der Waals surface area contributed by atoms with Crippen molar-refractivity contribution in [1.29, 1.82) is 0 Å². The van der Waals surface area contributed by atoms with Gasteiger partial charge in [-0.2, -0.15) is 0 Å². The van der Waals surface area contributed by atoms with Crippen LogP contribution >= 0.6 is 0 Å². The van der Waals surface area contributed by atoms with Crippen LogP contribution in [-0.2, 0) is 9.59 Å². The molecular formula is C17H24N4O2. The second kappa shape index (κ2) is 7.44. The number of hydrogen-bond acceptors (Lipinski definition) is 4. The van der Waals surface area contributed by atoms with Gasteiger partial charge in [-0.3, -0.25) is 9.59 Å². The van der Waals surface area contributed by atoms with E-state index in [1.54, 1.807) is 11.1 Å². The topological polar surface area (TPSA) is 56.8 Å². The average molecular weight is 316 g/mol. The number of nitrogens with zero attached hydrogens (tertiary/aromatic N) is 4. The maximum Gasteiger partial charge on any atom is 0.232 e. The molecule has 3 heterocycles. The van der Waals surface area contributed by atoms with Crippen LogP contribution in [0.4, 0.5) is 5.82 Å². The van der Waals surface area contributed by atoms with E-state index in [1.165, 1.54) is 6.42 Å². The summed E-state index contributed by atoms with van der Waals surface area (Å²) in [7, 11) is 0. The van der Waals surface area contributed by atoms with Crippen molar-refractivity contribution in [3.8, 4) is 0 Å². The molecule has 124 valence electrons. The Morgan fingerprint density at radius 3 is 2.13 bits per heavy atom. The molecule has 2 amide bonds.